The lowest BCUT2D eigenvalue weighted by atomic mass is 10.2. The Hall–Kier alpha value is -1.62. The minimum Gasteiger partial charge on any atom is -0.461 e. The molecule has 2 saturated heterocycles. The number of ketones is 1. The van der Waals surface area contributed by atoms with Crippen LogP contribution < -0.4 is 0 Å². The summed E-state index contributed by atoms with van der Waals surface area (Å²) in [6.45, 7) is 3.49. The van der Waals surface area contributed by atoms with Crippen molar-refractivity contribution in [3.63, 3.8) is 0 Å². The van der Waals surface area contributed by atoms with E-state index in [0.717, 1.165) is 25.9 Å². The molecule has 1 unspecified atom stereocenters. The van der Waals surface area contributed by atoms with Gasteiger partial charge < -0.3 is 9.32 Å². The van der Waals surface area contributed by atoms with Crippen molar-refractivity contribution in [2.75, 3.05) is 26.2 Å². The third-order valence-electron chi connectivity index (χ3n) is 4.03. The smallest absolute Gasteiger partial charge is 0.298 e. The zero-order valence-electron chi connectivity index (χ0n) is 10.9. The molecule has 2 aliphatic heterocycles. The Morgan fingerprint density at radius 3 is 2.84 bits per heavy atom. The molecule has 102 valence electrons. The van der Waals surface area contributed by atoms with Crippen LogP contribution in [-0.2, 0) is 4.79 Å². The van der Waals surface area contributed by atoms with E-state index in [0.29, 0.717) is 19.1 Å². The minimum atomic E-state index is -0.531. The predicted octanol–water partition coefficient (Wildman–Crippen LogP) is 1.16. The number of rotatable bonds is 2. The molecule has 0 spiro atoms. The van der Waals surface area contributed by atoms with Gasteiger partial charge in [0.05, 0.1) is 6.26 Å². The van der Waals surface area contributed by atoms with Crippen molar-refractivity contribution >= 4 is 11.7 Å². The minimum absolute atomic E-state index is 0.137. The molecular formula is C14H18N2O3. The predicted molar refractivity (Wildman–Crippen MR) is 68.8 cm³/mol. The van der Waals surface area contributed by atoms with E-state index >= 15 is 0 Å². The molecular weight excluding hydrogens is 244 g/mol. The number of amides is 1. The van der Waals surface area contributed by atoms with E-state index in [9.17, 15) is 9.59 Å². The van der Waals surface area contributed by atoms with Gasteiger partial charge in [-0.3, -0.25) is 14.5 Å². The summed E-state index contributed by atoms with van der Waals surface area (Å²) in [4.78, 5) is 28.4. The Kier molecular flexibility index (Phi) is 3.38. The van der Waals surface area contributed by atoms with Gasteiger partial charge in [-0.25, -0.2) is 0 Å². The second-order valence-corrected chi connectivity index (χ2v) is 5.24. The highest BCUT2D eigenvalue weighted by Gasteiger charge is 2.33. The summed E-state index contributed by atoms with van der Waals surface area (Å²) in [7, 11) is 0. The van der Waals surface area contributed by atoms with Crippen molar-refractivity contribution in [2.45, 2.75) is 25.3 Å². The Labute approximate surface area is 112 Å². The molecule has 0 aromatic carbocycles. The molecule has 0 aliphatic carbocycles. The largest absolute Gasteiger partial charge is 0.461 e. The van der Waals surface area contributed by atoms with Crippen molar-refractivity contribution in [2.24, 2.45) is 0 Å². The van der Waals surface area contributed by atoms with E-state index in [1.165, 1.54) is 12.7 Å². The van der Waals surface area contributed by atoms with Crippen LogP contribution in [0, 0.1) is 0 Å². The molecule has 19 heavy (non-hydrogen) atoms. The summed E-state index contributed by atoms with van der Waals surface area (Å²) in [6.07, 6.45) is 4.67. The molecule has 1 aromatic rings. The first-order valence-electron chi connectivity index (χ1n) is 6.87. The molecule has 3 rings (SSSR count). The lowest BCUT2D eigenvalue weighted by molar-refractivity contribution is -0.126. The lowest BCUT2D eigenvalue weighted by Gasteiger charge is -2.24. The number of carbonyl (C=O) groups excluding carboxylic acids is 2. The lowest BCUT2D eigenvalue weighted by Crippen LogP contribution is -2.42. The zero-order chi connectivity index (χ0) is 13.2. The van der Waals surface area contributed by atoms with E-state index in [1.807, 2.05) is 0 Å². The molecule has 2 aliphatic rings. The Bertz CT molecular complexity index is 469. The van der Waals surface area contributed by atoms with Gasteiger partial charge in [-0.2, -0.15) is 0 Å². The van der Waals surface area contributed by atoms with Crippen molar-refractivity contribution in [1.29, 1.82) is 0 Å². The SMILES string of the molecule is O=C(C(=O)N1CCCN2CCCC2C1)c1ccco1. The standard InChI is InChI=1S/C14H18N2O3/c17-13(12-5-2-9-19-12)14(18)16-8-3-7-15-6-1-4-11(15)10-16/h2,5,9,11H,1,3-4,6-8,10H2. The highest BCUT2D eigenvalue weighted by atomic mass is 16.3. The van der Waals surface area contributed by atoms with E-state index in [2.05, 4.69) is 4.90 Å². The van der Waals surface area contributed by atoms with Gasteiger partial charge in [0, 0.05) is 25.7 Å². The molecule has 1 aromatic heterocycles. The second kappa shape index (κ2) is 5.17. The fourth-order valence-electron chi connectivity index (χ4n) is 3.05. The van der Waals surface area contributed by atoms with E-state index < -0.39 is 11.7 Å². The van der Waals surface area contributed by atoms with Crippen molar-refractivity contribution < 1.29 is 14.0 Å². The monoisotopic (exact) mass is 262 g/mol. The van der Waals surface area contributed by atoms with Crippen LogP contribution in [0.5, 0.6) is 0 Å². The summed E-state index contributed by atoms with van der Waals surface area (Å²) in [5, 5.41) is 0. The van der Waals surface area contributed by atoms with Crippen LogP contribution in [0.4, 0.5) is 0 Å². The van der Waals surface area contributed by atoms with Crippen LogP contribution in [0.3, 0.4) is 0 Å². The molecule has 3 heterocycles. The van der Waals surface area contributed by atoms with Crippen LogP contribution in [0.15, 0.2) is 22.8 Å². The normalized spacial score (nSPS) is 24.0. The van der Waals surface area contributed by atoms with Crippen LogP contribution in [0.25, 0.3) is 0 Å². The van der Waals surface area contributed by atoms with Gasteiger partial charge in [0.25, 0.3) is 11.7 Å². The van der Waals surface area contributed by atoms with Gasteiger partial charge in [0.1, 0.15) is 0 Å². The maximum atomic E-state index is 12.2. The number of Topliss-reactive ketones (excluding diaryl/α,β-unsaturated/α-hetero) is 1. The maximum Gasteiger partial charge on any atom is 0.298 e. The average Bonchev–Trinajstić information content (AvgIpc) is 3.05. The summed E-state index contributed by atoms with van der Waals surface area (Å²) < 4.78 is 5.02. The van der Waals surface area contributed by atoms with Crippen molar-refractivity contribution in [1.82, 2.24) is 9.80 Å². The van der Waals surface area contributed by atoms with Crippen LogP contribution in [0.1, 0.15) is 29.8 Å². The van der Waals surface area contributed by atoms with E-state index in [4.69, 9.17) is 4.42 Å². The van der Waals surface area contributed by atoms with Crippen LogP contribution >= 0.6 is 0 Å². The number of hydrogen-bond donors (Lipinski definition) is 0. The van der Waals surface area contributed by atoms with Gasteiger partial charge in [-0.1, -0.05) is 0 Å². The van der Waals surface area contributed by atoms with Gasteiger partial charge in [-0.15, -0.1) is 0 Å². The maximum absolute atomic E-state index is 12.2. The fraction of sp³-hybridized carbons (Fsp3) is 0.571. The van der Waals surface area contributed by atoms with Gasteiger partial charge in [0.15, 0.2) is 5.76 Å². The number of furan rings is 1. The number of hydrogen-bond acceptors (Lipinski definition) is 4. The van der Waals surface area contributed by atoms with Gasteiger partial charge in [0.2, 0.25) is 0 Å². The molecule has 0 bridgehead atoms. The molecule has 0 N–H and O–H groups in total. The summed E-state index contributed by atoms with van der Waals surface area (Å²) in [5.41, 5.74) is 0. The Morgan fingerprint density at radius 1 is 1.21 bits per heavy atom. The number of carbonyl (C=O) groups is 2. The van der Waals surface area contributed by atoms with E-state index in [1.54, 1.807) is 17.0 Å². The molecule has 1 amide bonds. The van der Waals surface area contributed by atoms with E-state index in [-0.39, 0.29) is 5.76 Å². The molecule has 5 nitrogen and oxygen atoms in total. The Morgan fingerprint density at radius 2 is 2.05 bits per heavy atom. The third-order valence-corrected chi connectivity index (χ3v) is 4.03. The molecule has 0 radical (unpaired) electrons. The number of nitrogens with zero attached hydrogens (tertiary/aromatic N) is 2. The molecule has 0 saturated carbocycles. The number of fused-ring (bicyclic) bond motifs is 1. The van der Waals surface area contributed by atoms with Crippen molar-refractivity contribution in [3.8, 4) is 0 Å². The molecule has 2 fully saturated rings. The first kappa shape index (κ1) is 12.4. The zero-order valence-corrected chi connectivity index (χ0v) is 10.9. The van der Waals surface area contributed by atoms with Crippen LogP contribution in [-0.4, -0.2) is 53.7 Å². The highest BCUT2D eigenvalue weighted by Crippen LogP contribution is 2.21. The summed E-state index contributed by atoms with van der Waals surface area (Å²) in [5.74, 6) is -0.822. The topological polar surface area (TPSA) is 53.8 Å². The van der Waals surface area contributed by atoms with Crippen LogP contribution in [0.2, 0.25) is 0 Å². The fourth-order valence-corrected chi connectivity index (χ4v) is 3.05. The second-order valence-electron chi connectivity index (χ2n) is 5.24. The Balaban J connectivity index is 1.70. The molecule has 1 atom stereocenters. The summed E-state index contributed by atoms with van der Waals surface area (Å²) in [6, 6.07) is 3.59. The summed E-state index contributed by atoms with van der Waals surface area (Å²) >= 11 is 0. The van der Waals surface area contributed by atoms with Gasteiger partial charge in [-0.05, 0) is 37.9 Å². The third kappa shape index (κ3) is 2.42. The first-order chi connectivity index (χ1) is 9.25. The molecule has 5 heteroatoms. The van der Waals surface area contributed by atoms with Crippen molar-refractivity contribution in [3.05, 3.63) is 24.2 Å². The quantitative estimate of drug-likeness (QED) is 0.593. The van der Waals surface area contributed by atoms with Gasteiger partial charge >= 0.3 is 0 Å². The average molecular weight is 262 g/mol. The first-order valence-corrected chi connectivity index (χ1v) is 6.87. The highest BCUT2D eigenvalue weighted by molar-refractivity contribution is 6.41.